The largest absolute Gasteiger partial charge is 0.397 e. The summed E-state index contributed by atoms with van der Waals surface area (Å²) in [6.45, 7) is 5.76. The number of guanidine groups is 1. The van der Waals surface area contributed by atoms with Crippen LogP contribution in [0.1, 0.15) is 17.5 Å². The standard InChI is InChI=1S/C18H22N5O2/c1-11-8-12(2)10-13(9-11)22-6-5-7-23-14-15(19-17(22)23)20(3)18(25)21(4)16(14)24/h8-10,14H,5-7H2,1-4H3/q+1. The maximum absolute atomic E-state index is 12.7. The van der Waals surface area contributed by atoms with Gasteiger partial charge in [-0.3, -0.25) is 14.6 Å². The summed E-state index contributed by atoms with van der Waals surface area (Å²) in [7, 11) is 3.21. The van der Waals surface area contributed by atoms with Crippen LogP contribution in [0.25, 0.3) is 0 Å². The highest BCUT2D eigenvalue weighted by Gasteiger charge is 2.53. The predicted molar refractivity (Wildman–Crippen MR) is 95.2 cm³/mol. The summed E-state index contributed by atoms with van der Waals surface area (Å²) < 4.78 is 2.03. The lowest BCUT2D eigenvalue weighted by Crippen LogP contribution is -2.62. The molecule has 0 aromatic heterocycles. The lowest BCUT2D eigenvalue weighted by molar-refractivity contribution is -0.539. The van der Waals surface area contributed by atoms with Crippen molar-refractivity contribution in [3.05, 3.63) is 29.3 Å². The van der Waals surface area contributed by atoms with Crippen LogP contribution < -0.4 is 4.90 Å². The van der Waals surface area contributed by atoms with E-state index in [4.69, 9.17) is 4.99 Å². The molecule has 130 valence electrons. The highest BCUT2D eigenvalue weighted by molar-refractivity contribution is 6.23. The van der Waals surface area contributed by atoms with Crippen molar-refractivity contribution in [2.75, 3.05) is 32.1 Å². The number of carbonyl (C=O) groups excluding carboxylic acids is 2. The van der Waals surface area contributed by atoms with E-state index in [0.717, 1.165) is 31.2 Å². The molecule has 3 aliphatic rings. The van der Waals surface area contributed by atoms with Crippen molar-refractivity contribution in [2.24, 2.45) is 4.99 Å². The van der Waals surface area contributed by atoms with Crippen LogP contribution in [0.3, 0.4) is 0 Å². The summed E-state index contributed by atoms with van der Waals surface area (Å²) in [4.78, 5) is 34.5. The van der Waals surface area contributed by atoms with Gasteiger partial charge in [-0.25, -0.2) is 14.3 Å². The third kappa shape index (κ3) is 2.26. The minimum absolute atomic E-state index is 0.209. The first kappa shape index (κ1) is 15.8. The van der Waals surface area contributed by atoms with Crippen LogP contribution in [-0.4, -0.2) is 71.3 Å². The summed E-state index contributed by atoms with van der Waals surface area (Å²) in [6.07, 6.45) is 0.935. The van der Waals surface area contributed by atoms with Gasteiger partial charge in [-0.2, -0.15) is 0 Å². The zero-order valence-electron chi connectivity index (χ0n) is 15.0. The third-order valence-corrected chi connectivity index (χ3v) is 5.05. The Morgan fingerprint density at radius 1 is 1.08 bits per heavy atom. The van der Waals surface area contributed by atoms with E-state index in [-0.39, 0.29) is 11.9 Å². The predicted octanol–water partition coefficient (Wildman–Crippen LogP) is 1.19. The zero-order chi connectivity index (χ0) is 17.9. The molecule has 0 aliphatic carbocycles. The maximum atomic E-state index is 12.7. The van der Waals surface area contributed by atoms with Crippen LogP contribution in [0.2, 0.25) is 0 Å². The number of hydrogen-bond donors (Lipinski definition) is 0. The molecule has 0 N–H and O–H groups in total. The molecule has 3 heterocycles. The minimum atomic E-state index is -0.503. The molecule has 1 fully saturated rings. The molecular weight excluding hydrogens is 318 g/mol. The number of urea groups is 1. The molecule has 1 unspecified atom stereocenters. The lowest BCUT2D eigenvalue weighted by Gasteiger charge is -2.32. The summed E-state index contributed by atoms with van der Waals surface area (Å²) in [5.74, 6) is 1.08. The fourth-order valence-electron chi connectivity index (χ4n) is 3.88. The van der Waals surface area contributed by atoms with Crippen LogP contribution in [0.15, 0.2) is 23.2 Å². The molecule has 1 aromatic carbocycles. The number of aryl methyl sites for hydroxylation is 2. The first-order valence-corrected chi connectivity index (χ1v) is 8.52. The summed E-state index contributed by atoms with van der Waals surface area (Å²) in [5.41, 5.74) is 3.47. The van der Waals surface area contributed by atoms with Crippen LogP contribution in [-0.2, 0) is 4.79 Å². The van der Waals surface area contributed by atoms with E-state index in [0.29, 0.717) is 5.84 Å². The number of imide groups is 1. The molecule has 3 aliphatic heterocycles. The van der Waals surface area contributed by atoms with Gasteiger partial charge in [0, 0.05) is 20.5 Å². The van der Waals surface area contributed by atoms with Gasteiger partial charge in [0.2, 0.25) is 11.9 Å². The number of nitrogens with zero attached hydrogens (tertiary/aromatic N) is 5. The van der Waals surface area contributed by atoms with E-state index in [1.807, 2.05) is 4.58 Å². The van der Waals surface area contributed by atoms with Crippen LogP contribution in [0.5, 0.6) is 0 Å². The Morgan fingerprint density at radius 2 is 1.76 bits per heavy atom. The van der Waals surface area contributed by atoms with Gasteiger partial charge in [-0.15, -0.1) is 0 Å². The average Bonchev–Trinajstić information content (AvgIpc) is 2.96. The van der Waals surface area contributed by atoms with Gasteiger partial charge in [0.05, 0.1) is 13.1 Å². The Bertz CT molecular complexity index is 837. The Hall–Kier alpha value is -2.70. The maximum Gasteiger partial charge on any atom is 0.397 e. The van der Waals surface area contributed by atoms with Gasteiger partial charge in [0.15, 0.2) is 0 Å². The van der Waals surface area contributed by atoms with Crippen LogP contribution >= 0.6 is 0 Å². The Balaban J connectivity index is 1.81. The number of likely N-dealkylation sites (N-methyl/N-ethyl adjacent to an activating group) is 2. The van der Waals surface area contributed by atoms with Crippen molar-refractivity contribution < 1.29 is 14.2 Å². The van der Waals surface area contributed by atoms with Gasteiger partial charge in [-0.05, 0) is 37.1 Å². The fraction of sp³-hybridized carbons (Fsp3) is 0.444. The highest BCUT2D eigenvalue weighted by Crippen LogP contribution is 2.27. The van der Waals surface area contributed by atoms with Crippen molar-refractivity contribution in [3.63, 3.8) is 0 Å². The van der Waals surface area contributed by atoms with Crippen molar-refractivity contribution in [2.45, 2.75) is 26.3 Å². The zero-order valence-corrected chi connectivity index (χ0v) is 15.0. The number of anilines is 1. The molecule has 1 atom stereocenters. The Labute approximate surface area is 146 Å². The molecule has 7 heteroatoms. The SMILES string of the molecule is Cc1cc(C)cc(N2CCC[N+]3=C2N=C2C3C(=O)N(C)C(=O)N2C)c1. The summed E-state index contributed by atoms with van der Waals surface area (Å²) >= 11 is 0. The molecule has 4 rings (SSSR count). The van der Waals surface area contributed by atoms with E-state index in [2.05, 4.69) is 36.9 Å². The van der Waals surface area contributed by atoms with E-state index < -0.39 is 6.04 Å². The second-order valence-corrected chi connectivity index (χ2v) is 6.96. The van der Waals surface area contributed by atoms with Gasteiger partial charge in [0.1, 0.15) is 5.69 Å². The molecular formula is C18H22N5O2+. The summed E-state index contributed by atoms with van der Waals surface area (Å²) in [5, 5.41) is 0. The van der Waals surface area contributed by atoms with Crippen molar-refractivity contribution in [1.82, 2.24) is 9.80 Å². The molecule has 0 spiro atoms. The molecule has 1 saturated heterocycles. The molecule has 1 aromatic rings. The van der Waals surface area contributed by atoms with E-state index in [1.165, 1.54) is 28.0 Å². The van der Waals surface area contributed by atoms with Gasteiger partial charge >= 0.3 is 12.0 Å². The number of hydrogen-bond acceptors (Lipinski definition) is 4. The second-order valence-electron chi connectivity index (χ2n) is 6.96. The number of amides is 3. The van der Waals surface area contributed by atoms with Crippen molar-refractivity contribution in [1.29, 1.82) is 0 Å². The van der Waals surface area contributed by atoms with Crippen LogP contribution in [0.4, 0.5) is 10.5 Å². The second kappa shape index (κ2) is 5.40. The lowest BCUT2D eigenvalue weighted by atomic mass is 10.1. The van der Waals surface area contributed by atoms with E-state index in [9.17, 15) is 9.59 Å². The van der Waals surface area contributed by atoms with Gasteiger partial charge < -0.3 is 0 Å². The number of fused-ring (bicyclic) bond motifs is 2. The van der Waals surface area contributed by atoms with Crippen LogP contribution in [0, 0.1) is 13.8 Å². The molecule has 3 amide bonds. The first-order valence-electron chi connectivity index (χ1n) is 8.52. The molecule has 0 saturated carbocycles. The topological polar surface area (TPSA) is 59.2 Å². The minimum Gasteiger partial charge on any atom is -0.270 e. The molecule has 0 bridgehead atoms. The fourth-order valence-corrected chi connectivity index (χ4v) is 3.88. The molecule has 7 nitrogen and oxygen atoms in total. The van der Waals surface area contributed by atoms with Gasteiger partial charge in [0.25, 0.3) is 5.91 Å². The molecule has 0 radical (unpaired) electrons. The normalized spacial score (nSPS) is 23.1. The number of amidine groups is 1. The third-order valence-electron chi connectivity index (χ3n) is 5.05. The summed E-state index contributed by atoms with van der Waals surface area (Å²) in [6, 6.07) is 5.57. The number of benzene rings is 1. The monoisotopic (exact) mass is 340 g/mol. The number of rotatable bonds is 1. The average molecular weight is 340 g/mol. The van der Waals surface area contributed by atoms with Crippen molar-refractivity contribution >= 4 is 29.4 Å². The van der Waals surface area contributed by atoms with Crippen molar-refractivity contribution in [3.8, 4) is 0 Å². The van der Waals surface area contributed by atoms with E-state index >= 15 is 0 Å². The Morgan fingerprint density at radius 3 is 2.44 bits per heavy atom. The van der Waals surface area contributed by atoms with Gasteiger partial charge in [-0.1, -0.05) is 11.1 Å². The molecule has 25 heavy (non-hydrogen) atoms. The van der Waals surface area contributed by atoms with E-state index in [1.54, 1.807) is 7.05 Å². The Kier molecular flexibility index (Phi) is 3.42. The smallest absolute Gasteiger partial charge is 0.270 e. The number of carbonyl (C=O) groups is 2. The quantitative estimate of drug-likeness (QED) is 0.722. The number of aliphatic imine (C=N–C) groups is 1. The highest BCUT2D eigenvalue weighted by atomic mass is 16.2. The first-order chi connectivity index (χ1) is 11.9.